The molecule has 0 spiro atoms. The van der Waals surface area contributed by atoms with E-state index in [4.69, 9.17) is 0 Å². The van der Waals surface area contributed by atoms with E-state index in [-0.39, 0.29) is 17.5 Å². The van der Waals surface area contributed by atoms with Crippen molar-refractivity contribution in [1.29, 1.82) is 0 Å². The maximum atomic E-state index is 10.8. The van der Waals surface area contributed by atoms with Gasteiger partial charge in [-0.1, -0.05) is 127 Å². The Morgan fingerprint density at radius 2 is 0.865 bits per heavy atom. The number of nitrogens with one attached hydrogen (secondary N) is 1. The molecule has 3 N–H and O–H groups in total. The molecule has 0 bridgehead atoms. The lowest BCUT2D eigenvalue weighted by molar-refractivity contribution is 0.293. The fraction of sp³-hybridized carbons (Fsp3) is 0.118. The molecule has 3 nitrogen and oxygen atoms in total. The summed E-state index contributed by atoms with van der Waals surface area (Å²) in [7, 11) is 0. The molecule has 0 aliphatic heterocycles. The largest absolute Gasteiger partial charge is 0.508 e. The number of aromatic hydroxyl groups is 2. The molecule has 0 aliphatic carbocycles. The average Bonchev–Trinajstić information content (AvgIpc) is 2.95. The Morgan fingerprint density at radius 3 is 1.30 bits per heavy atom. The van der Waals surface area contributed by atoms with Gasteiger partial charge in [0.1, 0.15) is 11.5 Å². The van der Waals surface area contributed by atoms with E-state index in [0.717, 1.165) is 27.8 Å². The van der Waals surface area contributed by atoms with Crippen LogP contribution >= 0.6 is 0 Å². The Hall–Kier alpha value is -4.34. The van der Waals surface area contributed by atoms with E-state index < -0.39 is 5.54 Å². The molecular weight excluding hydrogens is 454 g/mol. The quantitative estimate of drug-likeness (QED) is 0.208. The van der Waals surface area contributed by atoms with Gasteiger partial charge in [-0.05, 0) is 52.8 Å². The van der Waals surface area contributed by atoms with Gasteiger partial charge in [0.2, 0.25) is 0 Å². The van der Waals surface area contributed by atoms with Crippen LogP contribution in [-0.4, -0.2) is 10.2 Å². The van der Waals surface area contributed by atoms with Crippen molar-refractivity contribution in [1.82, 2.24) is 5.32 Å². The molecule has 3 heteroatoms. The third-order valence-corrected chi connectivity index (χ3v) is 6.98. The summed E-state index contributed by atoms with van der Waals surface area (Å²) in [5, 5.41) is 25.7. The normalized spacial score (nSPS) is 11.5. The molecule has 0 saturated heterocycles. The third-order valence-electron chi connectivity index (χ3n) is 6.98. The predicted octanol–water partition coefficient (Wildman–Crippen LogP) is 7.16. The molecule has 5 aromatic carbocycles. The van der Waals surface area contributed by atoms with Gasteiger partial charge in [-0.25, -0.2) is 0 Å². The van der Waals surface area contributed by atoms with Crippen LogP contribution in [0.2, 0.25) is 0 Å². The molecule has 0 fully saturated rings. The van der Waals surface area contributed by atoms with Crippen LogP contribution in [0.15, 0.2) is 140 Å². The summed E-state index contributed by atoms with van der Waals surface area (Å²) in [6.07, 6.45) is 1.04. The van der Waals surface area contributed by atoms with Crippen LogP contribution in [0.1, 0.15) is 33.9 Å². The zero-order valence-corrected chi connectivity index (χ0v) is 20.7. The first-order valence-electron chi connectivity index (χ1n) is 12.6. The molecule has 0 unspecified atom stereocenters. The molecule has 0 aromatic heterocycles. The average molecular weight is 486 g/mol. The highest BCUT2D eigenvalue weighted by atomic mass is 16.3. The summed E-state index contributed by atoms with van der Waals surface area (Å²) in [6.45, 7) is 0. The lowest BCUT2D eigenvalue weighted by Crippen LogP contribution is -2.48. The number of phenolic OH excluding ortho intramolecular Hbond substituents is 2. The molecule has 184 valence electrons. The van der Waals surface area contributed by atoms with Gasteiger partial charge in [-0.15, -0.1) is 0 Å². The van der Waals surface area contributed by atoms with Gasteiger partial charge in [0.15, 0.2) is 0 Å². The zero-order chi connectivity index (χ0) is 25.5. The molecule has 5 rings (SSSR count). The van der Waals surface area contributed by atoms with Gasteiger partial charge < -0.3 is 10.2 Å². The fourth-order valence-electron chi connectivity index (χ4n) is 5.11. The summed E-state index contributed by atoms with van der Waals surface area (Å²) in [5.41, 5.74) is 4.39. The van der Waals surface area contributed by atoms with Crippen LogP contribution in [0, 0.1) is 0 Å². The first-order chi connectivity index (χ1) is 18.1. The second kappa shape index (κ2) is 11.2. The molecule has 0 aliphatic rings. The molecule has 0 amide bonds. The fourth-order valence-corrected chi connectivity index (χ4v) is 5.11. The number of para-hydroxylation sites is 2. The molecule has 0 saturated carbocycles. The lowest BCUT2D eigenvalue weighted by atomic mass is 9.77. The summed E-state index contributed by atoms with van der Waals surface area (Å²) in [6, 6.07) is 46.1. The van der Waals surface area contributed by atoms with Gasteiger partial charge in [0, 0.05) is 0 Å². The van der Waals surface area contributed by atoms with E-state index in [1.807, 2.05) is 66.7 Å². The van der Waals surface area contributed by atoms with Crippen LogP contribution in [0.25, 0.3) is 0 Å². The summed E-state index contributed by atoms with van der Waals surface area (Å²) >= 11 is 0. The van der Waals surface area contributed by atoms with E-state index in [0.29, 0.717) is 12.8 Å². The highest BCUT2D eigenvalue weighted by Crippen LogP contribution is 2.38. The molecule has 37 heavy (non-hydrogen) atoms. The van der Waals surface area contributed by atoms with E-state index in [2.05, 4.69) is 66.0 Å². The van der Waals surface area contributed by atoms with Crippen molar-refractivity contribution in [3.05, 3.63) is 167 Å². The lowest BCUT2D eigenvalue weighted by Gasteiger charge is -2.40. The summed E-state index contributed by atoms with van der Waals surface area (Å²) in [4.78, 5) is 0. The zero-order valence-electron chi connectivity index (χ0n) is 20.7. The van der Waals surface area contributed by atoms with Crippen LogP contribution in [0.4, 0.5) is 0 Å². The van der Waals surface area contributed by atoms with Crippen molar-refractivity contribution in [2.75, 3.05) is 0 Å². The first-order valence-corrected chi connectivity index (χ1v) is 12.6. The highest BCUT2D eigenvalue weighted by molar-refractivity contribution is 5.42. The first kappa shape index (κ1) is 24.4. The van der Waals surface area contributed by atoms with Gasteiger partial charge in [-0.2, -0.15) is 0 Å². The minimum Gasteiger partial charge on any atom is -0.508 e. The topological polar surface area (TPSA) is 52.5 Å². The Bertz CT molecular complexity index is 1330. The Labute approximate surface area is 218 Å². The molecule has 5 aromatic rings. The second-order valence-corrected chi connectivity index (χ2v) is 9.46. The maximum Gasteiger partial charge on any atom is 0.118 e. The number of hydrogen-bond donors (Lipinski definition) is 3. The molecule has 0 radical (unpaired) electrons. The van der Waals surface area contributed by atoms with Gasteiger partial charge in [-0.3, -0.25) is 5.32 Å². The van der Waals surface area contributed by atoms with Gasteiger partial charge >= 0.3 is 0 Å². The monoisotopic (exact) mass is 485 g/mol. The van der Waals surface area contributed by atoms with E-state index in [1.165, 1.54) is 0 Å². The number of benzene rings is 5. The van der Waals surface area contributed by atoms with Crippen LogP contribution in [0.3, 0.4) is 0 Å². The van der Waals surface area contributed by atoms with Crippen molar-refractivity contribution in [3.63, 3.8) is 0 Å². The minimum atomic E-state index is -0.657. The summed E-state index contributed by atoms with van der Waals surface area (Å²) in [5.74, 6) is 0.524. The number of rotatable bonds is 9. The van der Waals surface area contributed by atoms with Crippen LogP contribution in [0.5, 0.6) is 11.5 Å². The third kappa shape index (κ3) is 5.58. The Kier molecular flexibility index (Phi) is 7.34. The minimum absolute atomic E-state index is 0.126. The molecular formula is C34H31NO2. The van der Waals surface area contributed by atoms with Crippen LogP contribution in [-0.2, 0) is 18.4 Å². The van der Waals surface area contributed by atoms with Crippen molar-refractivity contribution in [2.45, 2.75) is 24.4 Å². The number of phenols is 2. The van der Waals surface area contributed by atoms with Gasteiger partial charge in [0.25, 0.3) is 0 Å². The van der Waals surface area contributed by atoms with E-state index in [9.17, 15) is 10.2 Å². The standard InChI is InChI=1S/C34H31NO2/c36-31-22-12-10-18-28(31)24-34(30-20-8-3-9-21-30,25-29-19-11-13-23-32(29)37)35-33(26-14-4-1-5-15-26)27-16-6-2-7-17-27/h1-23,33,35-37H,24-25H2. The smallest absolute Gasteiger partial charge is 0.118 e. The molecule has 0 atom stereocenters. The van der Waals surface area contributed by atoms with Gasteiger partial charge in [0.05, 0.1) is 11.6 Å². The highest BCUT2D eigenvalue weighted by Gasteiger charge is 2.37. The van der Waals surface area contributed by atoms with Crippen LogP contribution < -0.4 is 5.32 Å². The molecule has 0 heterocycles. The Morgan fingerprint density at radius 1 is 0.486 bits per heavy atom. The van der Waals surface area contributed by atoms with Crippen molar-refractivity contribution in [2.24, 2.45) is 0 Å². The van der Waals surface area contributed by atoms with Crippen molar-refractivity contribution in [3.8, 4) is 11.5 Å². The second-order valence-electron chi connectivity index (χ2n) is 9.46. The maximum absolute atomic E-state index is 10.8. The van der Waals surface area contributed by atoms with E-state index in [1.54, 1.807) is 12.1 Å². The SMILES string of the molecule is Oc1ccccc1CC(Cc1ccccc1O)(NC(c1ccccc1)c1ccccc1)c1ccccc1. The van der Waals surface area contributed by atoms with E-state index >= 15 is 0 Å². The van der Waals surface area contributed by atoms with Crippen molar-refractivity contribution >= 4 is 0 Å². The predicted molar refractivity (Wildman–Crippen MR) is 150 cm³/mol. The number of hydrogen-bond acceptors (Lipinski definition) is 3. The Balaban J connectivity index is 1.71. The summed E-state index contributed by atoms with van der Waals surface area (Å²) < 4.78 is 0. The van der Waals surface area contributed by atoms with Crippen molar-refractivity contribution < 1.29 is 10.2 Å².